The van der Waals surface area contributed by atoms with Crippen molar-refractivity contribution in [2.75, 3.05) is 6.54 Å². The molecule has 3 heterocycles. The van der Waals surface area contributed by atoms with E-state index < -0.39 is 0 Å². The molecule has 0 saturated carbocycles. The first-order valence-electron chi connectivity index (χ1n) is 5.48. The molecular weight excluding hydrogens is 188 g/mol. The van der Waals surface area contributed by atoms with Crippen LogP contribution in [-0.4, -0.2) is 21.1 Å². The monoisotopic (exact) mass is 202 g/mol. The zero-order valence-electron chi connectivity index (χ0n) is 8.56. The maximum absolute atomic E-state index is 4.53. The highest BCUT2D eigenvalue weighted by atomic mass is 15.3. The number of nitrogens with zero attached hydrogens (tertiary/aromatic N) is 3. The fraction of sp³-hybridized carbons (Fsp3) is 0.455. The van der Waals surface area contributed by atoms with E-state index in [0.717, 1.165) is 24.4 Å². The molecule has 78 valence electrons. The normalized spacial score (nSPS) is 22.0. The highest BCUT2D eigenvalue weighted by molar-refractivity contribution is 5.36. The summed E-state index contributed by atoms with van der Waals surface area (Å²) in [6.45, 7) is 1.08. The summed E-state index contributed by atoms with van der Waals surface area (Å²) in [5.74, 6) is 0.931. The number of nitrogens with one attached hydrogen (secondary N) is 1. The Bertz CT molecular complexity index is 423. The number of pyridine rings is 1. The van der Waals surface area contributed by atoms with Crippen molar-refractivity contribution in [1.29, 1.82) is 0 Å². The van der Waals surface area contributed by atoms with Gasteiger partial charge in [0.25, 0.3) is 0 Å². The van der Waals surface area contributed by atoms with Crippen LogP contribution in [0.5, 0.6) is 0 Å². The minimum Gasteiger partial charge on any atom is -0.307 e. The largest absolute Gasteiger partial charge is 0.307 e. The van der Waals surface area contributed by atoms with E-state index in [-0.39, 0.29) is 0 Å². The van der Waals surface area contributed by atoms with Gasteiger partial charge in [-0.2, -0.15) is 0 Å². The molecule has 1 N–H and O–H groups in total. The Morgan fingerprint density at radius 3 is 3.13 bits per heavy atom. The number of aromatic nitrogens is 3. The molecule has 0 bridgehead atoms. The van der Waals surface area contributed by atoms with Gasteiger partial charge in [0.05, 0.1) is 6.04 Å². The molecule has 1 saturated heterocycles. The molecular formula is C11H14N4. The average Bonchev–Trinajstić information content (AvgIpc) is 2.74. The first kappa shape index (κ1) is 8.85. The zero-order chi connectivity index (χ0) is 10.1. The van der Waals surface area contributed by atoms with E-state index in [0.29, 0.717) is 6.04 Å². The number of piperidine rings is 1. The lowest BCUT2D eigenvalue weighted by Gasteiger charge is -2.20. The third-order valence-electron chi connectivity index (χ3n) is 2.88. The second-order valence-electron chi connectivity index (χ2n) is 3.98. The molecule has 1 unspecified atom stereocenters. The molecule has 15 heavy (non-hydrogen) atoms. The number of fused-ring (bicyclic) bond motifs is 1. The van der Waals surface area contributed by atoms with Crippen molar-refractivity contribution in [1.82, 2.24) is 19.9 Å². The van der Waals surface area contributed by atoms with Gasteiger partial charge in [0.15, 0.2) is 11.5 Å². The summed E-state index contributed by atoms with van der Waals surface area (Å²) in [6.07, 6.45) is 5.63. The molecule has 0 aliphatic carbocycles. The SMILES string of the molecule is c1ccn2nc(C3CCCCN3)nc2c1. The minimum absolute atomic E-state index is 0.346. The van der Waals surface area contributed by atoms with E-state index in [9.17, 15) is 0 Å². The van der Waals surface area contributed by atoms with Gasteiger partial charge in [0.2, 0.25) is 0 Å². The van der Waals surface area contributed by atoms with Crippen molar-refractivity contribution in [2.45, 2.75) is 25.3 Å². The van der Waals surface area contributed by atoms with Gasteiger partial charge in [-0.25, -0.2) is 9.50 Å². The van der Waals surface area contributed by atoms with Crippen molar-refractivity contribution in [3.05, 3.63) is 30.2 Å². The topological polar surface area (TPSA) is 42.2 Å². The number of rotatable bonds is 1. The maximum atomic E-state index is 4.53. The second kappa shape index (κ2) is 3.62. The first-order chi connectivity index (χ1) is 7.43. The predicted molar refractivity (Wildman–Crippen MR) is 57.6 cm³/mol. The Balaban J connectivity index is 1.96. The van der Waals surface area contributed by atoms with Crippen LogP contribution in [-0.2, 0) is 0 Å². The van der Waals surface area contributed by atoms with E-state index in [2.05, 4.69) is 15.4 Å². The van der Waals surface area contributed by atoms with Crippen LogP contribution in [0.2, 0.25) is 0 Å². The van der Waals surface area contributed by atoms with E-state index in [1.807, 2.05) is 28.9 Å². The van der Waals surface area contributed by atoms with E-state index >= 15 is 0 Å². The zero-order valence-corrected chi connectivity index (χ0v) is 8.56. The molecule has 2 aromatic heterocycles. The van der Waals surface area contributed by atoms with Crippen molar-refractivity contribution in [3.8, 4) is 0 Å². The van der Waals surface area contributed by atoms with Crippen LogP contribution >= 0.6 is 0 Å². The van der Waals surface area contributed by atoms with Crippen LogP contribution in [0.1, 0.15) is 31.1 Å². The molecule has 0 amide bonds. The molecule has 1 aliphatic rings. The smallest absolute Gasteiger partial charge is 0.168 e. The molecule has 4 nitrogen and oxygen atoms in total. The van der Waals surface area contributed by atoms with E-state index in [4.69, 9.17) is 0 Å². The average molecular weight is 202 g/mol. The van der Waals surface area contributed by atoms with Gasteiger partial charge in [-0.3, -0.25) is 0 Å². The standard InChI is InChI=1S/C11H14N4/c1-3-7-12-9(5-1)11-13-10-6-2-4-8-15(10)14-11/h2,4,6,8-9,12H,1,3,5,7H2. The predicted octanol–water partition coefficient (Wildman–Crippen LogP) is 1.54. The fourth-order valence-corrected chi connectivity index (χ4v) is 2.07. The summed E-state index contributed by atoms with van der Waals surface area (Å²) in [5, 5.41) is 7.94. The third kappa shape index (κ3) is 1.61. The minimum atomic E-state index is 0.346. The van der Waals surface area contributed by atoms with Crippen LogP contribution in [0.4, 0.5) is 0 Å². The Hall–Kier alpha value is -1.42. The van der Waals surface area contributed by atoms with Gasteiger partial charge in [0.1, 0.15) is 0 Å². The quantitative estimate of drug-likeness (QED) is 0.762. The maximum Gasteiger partial charge on any atom is 0.168 e. The third-order valence-corrected chi connectivity index (χ3v) is 2.88. The van der Waals surface area contributed by atoms with Gasteiger partial charge >= 0.3 is 0 Å². The van der Waals surface area contributed by atoms with Crippen LogP contribution in [0.3, 0.4) is 0 Å². The Labute approximate surface area is 88.3 Å². The number of hydrogen-bond donors (Lipinski definition) is 1. The Morgan fingerprint density at radius 2 is 2.33 bits per heavy atom. The van der Waals surface area contributed by atoms with Crippen molar-refractivity contribution >= 4 is 5.65 Å². The summed E-state index contributed by atoms with van der Waals surface area (Å²) >= 11 is 0. The molecule has 0 spiro atoms. The van der Waals surface area contributed by atoms with Gasteiger partial charge in [0, 0.05) is 6.20 Å². The second-order valence-corrected chi connectivity index (χ2v) is 3.98. The van der Waals surface area contributed by atoms with Crippen molar-refractivity contribution in [2.24, 2.45) is 0 Å². The van der Waals surface area contributed by atoms with Gasteiger partial charge in [-0.05, 0) is 31.5 Å². The van der Waals surface area contributed by atoms with Gasteiger partial charge in [-0.15, -0.1) is 5.10 Å². The summed E-state index contributed by atoms with van der Waals surface area (Å²) in [4.78, 5) is 4.53. The van der Waals surface area contributed by atoms with Gasteiger partial charge < -0.3 is 5.32 Å². The van der Waals surface area contributed by atoms with Crippen molar-refractivity contribution < 1.29 is 0 Å². The molecule has 1 atom stereocenters. The summed E-state index contributed by atoms with van der Waals surface area (Å²) in [7, 11) is 0. The molecule has 4 heteroatoms. The van der Waals surface area contributed by atoms with Crippen LogP contribution in [0.25, 0.3) is 5.65 Å². The molecule has 1 fully saturated rings. The summed E-state index contributed by atoms with van der Waals surface area (Å²) in [5.41, 5.74) is 0.930. The van der Waals surface area contributed by atoms with Gasteiger partial charge in [-0.1, -0.05) is 12.5 Å². The highest BCUT2D eigenvalue weighted by Gasteiger charge is 2.18. The summed E-state index contributed by atoms with van der Waals surface area (Å²) in [6, 6.07) is 6.29. The Kier molecular flexibility index (Phi) is 2.14. The number of hydrogen-bond acceptors (Lipinski definition) is 3. The molecule has 1 aliphatic heterocycles. The molecule has 0 radical (unpaired) electrons. The van der Waals surface area contributed by atoms with E-state index in [1.165, 1.54) is 12.8 Å². The molecule has 2 aromatic rings. The Morgan fingerprint density at radius 1 is 1.33 bits per heavy atom. The van der Waals surface area contributed by atoms with Crippen LogP contribution in [0, 0.1) is 0 Å². The van der Waals surface area contributed by atoms with Crippen LogP contribution < -0.4 is 5.32 Å². The lowest BCUT2D eigenvalue weighted by atomic mass is 10.0. The summed E-state index contributed by atoms with van der Waals surface area (Å²) < 4.78 is 1.84. The lowest BCUT2D eigenvalue weighted by Crippen LogP contribution is -2.27. The lowest BCUT2D eigenvalue weighted by molar-refractivity contribution is 0.397. The molecule has 0 aromatic carbocycles. The molecule has 3 rings (SSSR count). The fourth-order valence-electron chi connectivity index (χ4n) is 2.07. The highest BCUT2D eigenvalue weighted by Crippen LogP contribution is 2.20. The first-order valence-corrected chi connectivity index (χ1v) is 5.48. The van der Waals surface area contributed by atoms with E-state index in [1.54, 1.807) is 0 Å². The van der Waals surface area contributed by atoms with Crippen LogP contribution in [0.15, 0.2) is 24.4 Å². The van der Waals surface area contributed by atoms with Crippen molar-refractivity contribution in [3.63, 3.8) is 0 Å².